The second-order valence-electron chi connectivity index (χ2n) is 6.47. The maximum atomic E-state index is 12.8. The first kappa shape index (κ1) is 17.7. The third-order valence-corrected chi connectivity index (χ3v) is 4.60. The van der Waals surface area contributed by atoms with Crippen LogP contribution < -0.4 is 0 Å². The molecule has 4 rings (SSSR count). The number of rotatable bonds is 4. The van der Waals surface area contributed by atoms with Crippen molar-refractivity contribution in [2.24, 2.45) is 0 Å². The van der Waals surface area contributed by atoms with Gasteiger partial charge in [-0.1, -0.05) is 6.07 Å². The Morgan fingerprint density at radius 2 is 1.89 bits per heavy atom. The first-order valence-corrected chi connectivity index (χ1v) is 8.70. The Kier molecular flexibility index (Phi) is 4.49. The molecule has 7 nitrogen and oxygen atoms in total. The van der Waals surface area contributed by atoms with E-state index in [4.69, 9.17) is 4.42 Å². The minimum atomic E-state index is -0.831. The van der Waals surface area contributed by atoms with E-state index in [0.29, 0.717) is 17.1 Å². The molecule has 3 aromatic heterocycles. The monoisotopic (exact) mass is 375 g/mol. The predicted octanol–water partition coefficient (Wildman–Crippen LogP) is 3.00. The average Bonchev–Trinajstić information content (AvgIpc) is 3.25. The van der Waals surface area contributed by atoms with Crippen LogP contribution in [0, 0.1) is 6.92 Å². The lowest BCUT2D eigenvalue weighted by Gasteiger charge is -2.23. The van der Waals surface area contributed by atoms with E-state index in [2.05, 4.69) is 9.97 Å². The van der Waals surface area contributed by atoms with Gasteiger partial charge in [0.15, 0.2) is 0 Å². The van der Waals surface area contributed by atoms with Crippen molar-refractivity contribution < 1.29 is 19.1 Å². The lowest BCUT2D eigenvalue weighted by atomic mass is 9.99. The first-order chi connectivity index (χ1) is 13.6. The highest BCUT2D eigenvalue weighted by Crippen LogP contribution is 2.40. The standard InChI is InChI=1S/C21H17N3O4/c1-13-4-5-16(28-13)18-17(19(25)15-6-9-22-10-7-15)20(26)21(27)24(18)12-14-3-2-8-23-11-14/h2-11,18,25H,12H2,1H3/b19-17-. The van der Waals surface area contributed by atoms with Crippen molar-refractivity contribution in [3.8, 4) is 0 Å². The molecule has 1 saturated heterocycles. The molecular formula is C21H17N3O4. The summed E-state index contributed by atoms with van der Waals surface area (Å²) in [6.45, 7) is 1.94. The number of aromatic nitrogens is 2. The molecule has 28 heavy (non-hydrogen) atoms. The van der Waals surface area contributed by atoms with E-state index in [-0.39, 0.29) is 17.9 Å². The minimum absolute atomic E-state index is 0.00515. The van der Waals surface area contributed by atoms with Gasteiger partial charge in [-0.15, -0.1) is 0 Å². The summed E-state index contributed by atoms with van der Waals surface area (Å²) in [7, 11) is 0. The second-order valence-corrected chi connectivity index (χ2v) is 6.47. The molecule has 0 bridgehead atoms. The third-order valence-electron chi connectivity index (χ3n) is 4.60. The molecule has 1 unspecified atom stereocenters. The van der Waals surface area contributed by atoms with Gasteiger partial charge in [-0.05, 0) is 42.8 Å². The molecule has 1 fully saturated rings. The number of carbonyl (C=O) groups is 2. The van der Waals surface area contributed by atoms with E-state index in [1.807, 2.05) is 6.07 Å². The molecule has 1 N–H and O–H groups in total. The van der Waals surface area contributed by atoms with Crippen LogP contribution in [0.15, 0.2) is 71.2 Å². The first-order valence-electron chi connectivity index (χ1n) is 8.70. The number of nitrogens with zero attached hydrogens (tertiary/aromatic N) is 3. The van der Waals surface area contributed by atoms with Crippen molar-refractivity contribution in [2.45, 2.75) is 19.5 Å². The molecule has 0 aliphatic carbocycles. The van der Waals surface area contributed by atoms with Crippen LogP contribution in [-0.4, -0.2) is 31.7 Å². The molecule has 1 atom stereocenters. The number of pyridine rings is 2. The van der Waals surface area contributed by atoms with Crippen LogP contribution in [0.1, 0.15) is 28.7 Å². The summed E-state index contributed by atoms with van der Waals surface area (Å²) in [6.07, 6.45) is 6.28. The Morgan fingerprint density at radius 3 is 2.54 bits per heavy atom. The van der Waals surface area contributed by atoms with Gasteiger partial charge in [-0.25, -0.2) is 0 Å². The molecule has 4 heterocycles. The van der Waals surface area contributed by atoms with Gasteiger partial charge in [0.2, 0.25) is 0 Å². The number of hydrogen-bond acceptors (Lipinski definition) is 6. The topological polar surface area (TPSA) is 96.5 Å². The van der Waals surface area contributed by atoms with Crippen LogP contribution in [0.4, 0.5) is 0 Å². The predicted molar refractivity (Wildman–Crippen MR) is 99.8 cm³/mol. The van der Waals surface area contributed by atoms with Crippen molar-refractivity contribution >= 4 is 17.4 Å². The summed E-state index contributed by atoms with van der Waals surface area (Å²) < 4.78 is 5.73. The Hall–Kier alpha value is -3.74. The quantitative estimate of drug-likeness (QED) is 0.428. The van der Waals surface area contributed by atoms with Gasteiger partial charge in [-0.2, -0.15) is 0 Å². The summed E-state index contributed by atoms with van der Waals surface area (Å²) in [5, 5.41) is 10.8. The molecule has 0 spiro atoms. The van der Waals surface area contributed by atoms with Gasteiger partial charge in [0.25, 0.3) is 11.7 Å². The maximum absolute atomic E-state index is 12.8. The van der Waals surface area contributed by atoms with Crippen LogP contribution in [0.3, 0.4) is 0 Å². The Morgan fingerprint density at radius 1 is 1.11 bits per heavy atom. The molecule has 1 aliphatic heterocycles. The van der Waals surface area contributed by atoms with Gasteiger partial charge >= 0.3 is 0 Å². The van der Waals surface area contributed by atoms with Crippen molar-refractivity contribution in [1.29, 1.82) is 0 Å². The fourth-order valence-corrected chi connectivity index (χ4v) is 3.29. The molecule has 0 saturated carbocycles. The van der Waals surface area contributed by atoms with Gasteiger partial charge in [0, 0.05) is 36.9 Å². The summed E-state index contributed by atoms with van der Waals surface area (Å²) in [6, 6.07) is 9.37. The zero-order chi connectivity index (χ0) is 19.7. The highest BCUT2D eigenvalue weighted by molar-refractivity contribution is 6.46. The SMILES string of the molecule is Cc1ccc(C2/C(=C(/O)c3ccncc3)C(=O)C(=O)N2Cc2cccnc2)o1. The zero-order valence-corrected chi connectivity index (χ0v) is 15.1. The normalized spacial score (nSPS) is 18.6. The van der Waals surface area contributed by atoms with Gasteiger partial charge < -0.3 is 14.4 Å². The summed E-state index contributed by atoms with van der Waals surface area (Å²) in [4.78, 5) is 35.0. The number of aliphatic hydroxyl groups excluding tert-OH is 1. The van der Waals surface area contributed by atoms with E-state index < -0.39 is 17.7 Å². The van der Waals surface area contributed by atoms with E-state index >= 15 is 0 Å². The molecule has 1 aliphatic rings. The number of amides is 1. The molecular weight excluding hydrogens is 358 g/mol. The molecule has 3 aromatic rings. The van der Waals surface area contributed by atoms with Crippen LogP contribution in [0.5, 0.6) is 0 Å². The van der Waals surface area contributed by atoms with E-state index in [0.717, 1.165) is 5.56 Å². The number of furan rings is 1. The van der Waals surface area contributed by atoms with Crippen LogP contribution in [0.2, 0.25) is 0 Å². The molecule has 1 amide bonds. The lowest BCUT2D eigenvalue weighted by molar-refractivity contribution is -0.140. The maximum Gasteiger partial charge on any atom is 0.296 e. The van der Waals surface area contributed by atoms with E-state index in [9.17, 15) is 14.7 Å². The molecule has 140 valence electrons. The largest absolute Gasteiger partial charge is 0.507 e. The zero-order valence-electron chi connectivity index (χ0n) is 15.1. The third kappa shape index (κ3) is 3.07. The fraction of sp³-hybridized carbons (Fsp3) is 0.143. The molecule has 0 aromatic carbocycles. The lowest BCUT2D eigenvalue weighted by Crippen LogP contribution is -2.29. The van der Waals surface area contributed by atoms with Gasteiger partial charge in [0.1, 0.15) is 23.3 Å². The Labute approximate surface area is 161 Å². The van der Waals surface area contributed by atoms with Crippen LogP contribution in [0.25, 0.3) is 5.76 Å². The summed E-state index contributed by atoms with van der Waals surface area (Å²) in [5.41, 5.74) is 1.17. The fourth-order valence-electron chi connectivity index (χ4n) is 3.29. The summed E-state index contributed by atoms with van der Waals surface area (Å²) >= 11 is 0. The number of aryl methyl sites for hydroxylation is 1. The van der Waals surface area contributed by atoms with Crippen molar-refractivity contribution in [3.63, 3.8) is 0 Å². The molecule has 0 radical (unpaired) electrons. The van der Waals surface area contributed by atoms with E-state index in [1.54, 1.807) is 49.6 Å². The number of hydrogen-bond donors (Lipinski definition) is 1. The van der Waals surface area contributed by atoms with Gasteiger partial charge in [0.05, 0.1) is 5.57 Å². The number of likely N-dealkylation sites (tertiary alicyclic amines) is 1. The van der Waals surface area contributed by atoms with Gasteiger partial charge in [-0.3, -0.25) is 19.6 Å². The number of ketones is 1. The van der Waals surface area contributed by atoms with Crippen molar-refractivity contribution in [2.75, 3.05) is 0 Å². The highest BCUT2D eigenvalue weighted by Gasteiger charge is 2.47. The number of carbonyl (C=O) groups excluding carboxylic acids is 2. The van der Waals surface area contributed by atoms with Crippen LogP contribution in [-0.2, 0) is 16.1 Å². The van der Waals surface area contributed by atoms with Crippen molar-refractivity contribution in [1.82, 2.24) is 14.9 Å². The second kappa shape index (κ2) is 7.11. The Bertz CT molecular complexity index is 1060. The minimum Gasteiger partial charge on any atom is -0.507 e. The molecule has 7 heteroatoms. The number of aliphatic hydroxyl groups is 1. The summed E-state index contributed by atoms with van der Waals surface area (Å²) in [5.74, 6) is -0.647. The van der Waals surface area contributed by atoms with E-state index in [1.165, 1.54) is 17.3 Å². The Balaban J connectivity index is 1.85. The number of Topliss-reactive ketones (excluding diaryl/α,β-unsaturated/α-hetero) is 1. The smallest absolute Gasteiger partial charge is 0.296 e. The van der Waals surface area contributed by atoms with Crippen molar-refractivity contribution in [3.05, 3.63) is 89.4 Å². The highest BCUT2D eigenvalue weighted by atomic mass is 16.3. The van der Waals surface area contributed by atoms with Crippen LogP contribution >= 0.6 is 0 Å². The average molecular weight is 375 g/mol.